The number of likely N-dealkylation sites (tertiary alicyclic amines) is 1. The van der Waals surface area contributed by atoms with Crippen LogP contribution >= 0.6 is 11.3 Å². The van der Waals surface area contributed by atoms with Gasteiger partial charge in [0.25, 0.3) is 0 Å². The van der Waals surface area contributed by atoms with Crippen molar-refractivity contribution in [2.75, 3.05) is 51.4 Å². The van der Waals surface area contributed by atoms with Gasteiger partial charge in [0.2, 0.25) is 17.7 Å². The molecule has 0 bridgehead atoms. The maximum Gasteiger partial charge on any atom is 0.339 e. The molecule has 292 valence electrons. The van der Waals surface area contributed by atoms with E-state index in [2.05, 4.69) is 44.2 Å². The Kier molecular flexibility index (Phi) is 13.5. The molecule has 0 radical (unpaired) electrons. The summed E-state index contributed by atoms with van der Waals surface area (Å²) in [6.45, 7) is 16.8. The number of methoxy groups -OCH3 is 1. The number of thiazole rings is 1. The second-order valence-corrected chi connectivity index (χ2v) is 16.3. The second kappa shape index (κ2) is 17.8. The zero-order valence-electron chi connectivity index (χ0n) is 32.8. The lowest BCUT2D eigenvalue weighted by Crippen LogP contribution is -2.58. The number of ether oxygens (including phenoxy) is 2. The van der Waals surface area contributed by atoms with Crippen LogP contribution in [0.15, 0.2) is 48.1 Å². The number of carbonyl (C=O) groups excluding carboxylic acids is 4. The number of aromatic nitrogens is 2. The summed E-state index contributed by atoms with van der Waals surface area (Å²) in [5.74, 6) is -0.447. The van der Waals surface area contributed by atoms with E-state index in [-0.39, 0.29) is 42.5 Å². The molecule has 0 aliphatic carbocycles. The van der Waals surface area contributed by atoms with Crippen molar-refractivity contribution >= 4 is 40.8 Å². The van der Waals surface area contributed by atoms with Crippen molar-refractivity contribution in [3.05, 3.63) is 64.9 Å². The number of hydrogen-bond donors (Lipinski definition) is 2. The fourth-order valence-corrected chi connectivity index (χ4v) is 8.23. The number of aryl methyl sites for hydroxylation is 1. The standard InChI is InChI=1S/C40H55N7O6S/c1-25-21-45(22-26(2)47(25)33-16-15-31(20-41-33)39(51)52-8)18-19-53-23-34(48)44-36(40(5,6)7)38(50)46-17-9-10-32(46)37(49)43-27(3)29-11-13-30(14-12-29)35-28(4)42-24-54-35/h11-16,20,24-27,32,36H,9-10,17-19,21-23H2,1-8H3,(H,43,49)(H,44,48)/t25-,26+,27-,32?,36+/m0/s1. The number of esters is 1. The summed E-state index contributed by atoms with van der Waals surface area (Å²) < 4.78 is 10.6. The largest absolute Gasteiger partial charge is 0.465 e. The molecule has 4 heterocycles. The number of nitrogens with one attached hydrogen (secondary N) is 2. The Hall–Kier alpha value is -4.40. The van der Waals surface area contributed by atoms with Crippen LogP contribution in [0.2, 0.25) is 0 Å². The molecule has 2 N–H and O–H groups in total. The van der Waals surface area contributed by atoms with E-state index in [1.807, 2.05) is 70.5 Å². The van der Waals surface area contributed by atoms with Crippen LogP contribution in [0, 0.1) is 12.3 Å². The minimum Gasteiger partial charge on any atom is -0.465 e. The van der Waals surface area contributed by atoms with Gasteiger partial charge in [0, 0.05) is 44.5 Å². The zero-order chi connectivity index (χ0) is 39.2. The van der Waals surface area contributed by atoms with Gasteiger partial charge in [-0.25, -0.2) is 14.8 Å². The summed E-state index contributed by atoms with van der Waals surface area (Å²) in [5, 5.41) is 6.04. The van der Waals surface area contributed by atoms with Crippen LogP contribution in [0.4, 0.5) is 5.82 Å². The minimum absolute atomic E-state index is 0.164. The molecule has 2 aliphatic rings. The lowest BCUT2D eigenvalue weighted by Gasteiger charge is -2.45. The summed E-state index contributed by atoms with van der Waals surface area (Å²) in [4.78, 5) is 68.7. The molecule has 2 aromatic heterocycles. The molecule has 5 atom stereocenters. The normalized spacial score (nSPS) is 20.3. The van der Waals surface area contributed by atoms with Gasteiger partial charge in [-0.05, 0) is 69.2 Å². The Labute approximate surface area is 322 Å². The lowest BCUT2D eigenvalue weighted by atomic mass is 9.85. The summed E-state index contributed by atoms with van der Waals surface area (Å²) in [7, 11) is 1.35. The number of amides is 3. The van der Waals surface area contributed by atoms with E-state index < -0.39 is 23.5 Å². The quantitative estimate of drug-likeness (QED) is 0.187. The number of pyridine rings is 1. The Morgan fingerprint density at radius 2 is 1.70 bits per heavy atom. The fraction of sp³-hybridized carbons (Fsp3) is 0.550. The maximum atomic E-state index is 14.0. The molecule has 0 saturated carbocycles. The van der Waals surface area contributed by atoms with E-state index in [9.17, 15) is 19.2 Å². The first-order valence-electron chi connectivity index (χ1n) is 18.7. The average molecular weight is 762 g/mol. The molecule has 3 aromatic rings. The highest BCUT2D eigenvalue weighted by Crippen LogP contribution is 2.30. The van der Waals surface area contributed by atoms with Crippen molar-refractivity contribution in [3.63, 3.8) is 0 Å². The molecule has 3 amide bonds. The third kappa shape index (κ3) is 9.82. The number of benzene rings is 1. The van der Waals surface area contributed by atoms with Gasteiger partial charge in [0.15, 0.2) is 0 Å². The second-order valence-electron chi connectivity index (χ2n) is 15.5. The lowest BCUT2D eigenvalue weighted by molar-refractivity contribution is -0.144. The zero-order valence-corrected chi connectivity index (χ0v) is 33.6. The van der Waals surface area contributed by atoms with E-state index in [4.69, 9.17) is 9.47 Å². The summed E-state index contributed by atoms with van der Waals surface area (Å²) in [6, 6.07) is 10.3. The smallest absolute Gasteiger partial charge is 0.339 e. The number of hydrogen-bond acceptors (Lipinski definition) is 11. The highest BCUT2D eigenvalue weighted by atomic mass is 32.1. The number of rotatable bonds is 13. The van der Waals surface area contributed by atoms with Crippen molar-refractivity contribution in [1.82, 2.24) is 30.4 Å². The van der Waals surface area contributed by atoms with Crippen LogP contribution in [-0.4, -0.2) is 114 Å². The first kappa shape index (κ1) is 40.8. The highest BCUT2D eigenvalue weighted by Gasteiger charge is 2.42. The molecule has 14 heteroatoms. The van der Waals surface area contributed by atoms with Gasteiger partial charge in [-0.3, -0.25) is 19.3 Å². The van der Waals surface area contributed by atoms with Crippen molar-refractivity contribution in [1.29, 1.82) is 0 Å². The van der Waals surface area contributed by atoms with Gasteiger partial charge >= 0.3 is 5.97 Å². The predicted octanol–water partition coefficient (Wildman–Crippen LogP) is 4.62. The van der Waals surface area contributed by atoms with Crippen LogP contribution in [-0.2, 0) is 23.9 Å². The maximum absolute atomic E-state index is 14.0. The van der Waals surface area contributed by atoms with Crippen LogP contribution in [0.25, 0.3) is 10.4 Å². The van der Waals surface area contributed by atoms with E-state index in [0.717, 1.165) is 40.6 Å². The Morgan fingerprint density at radius 3 is 2.30 bits per heavy atom. The van der Waals surface area contributed by atoms with E-state index >= 15 is 0 Å². The summed E-state index contributed by atoms with van der Waals surface area (Å²) in [5.41, 5.74) is 4.70. The molecule has 1 aromatic carbocycles. The average Bonchev–Trinajstić information content (AvgIpc) is 3.81. The van der Waals surface area contributed by atoms with Crippen molar-refractivity contribution < 1.29 is 28.7 Å². The Balaban J connectivity index is 1.09. The topological polar surface area (TPSA) is 146 Å². The van der Waals surface area contributed by atoms with Crippen molar-refractivity contribution in [2.24, 2.45) is 5.41 Å². The number of nitrogens with zero attached hydrogens (tertiary/aromatic N) is 5. The molecule has 0 spiro atoms. The third-order valence-corrected chi connectivity index (χ3v) is 11.2. The predicted molar refractivity (Wildman–Crippen MR) is 209 cm³/mol. The molecule has 5 rings (SSSR count). The number of carbonyl (C=O) groups is 4. The van der Waals surface area contributed by atoms with Gasteiger partial charge < -0.3 is 29.9 Å². The van der Waals surface area contributed by atoms with E-state index in [1.54, 1.807) is 22.3 Å². The monoisotopic (exact) mass is 761 g/mol. The molecule has 2 fully saturated rings. The molecule has 2 aliphatic heterocycles. The van der Waals surface area contributed by atoms with Gasteiger partial charge in [-0.2, -0.15) is 0 Å². The van der Waals surface area contributed by atoms with E-state index in [0.29, 0.717) is 38.1 Å². The van der Waals surface area contributed by atoms with Crippen LogP contribution in [0.1, 0.15) is 82.0 Å². The first-order chi connectivity index (χ1) is 25.7. The van der Waals surface area contributed by atoms with Crippen LogP contribution < -0.4 is 15.5 Å². The van der Waals surface area contributed by atoms with Gasteiger partial charge in [0.05, 0.1) is 41.4 Å². The van der Waals surface area contributed by atoms with Crippen LogP contribution in [0.3, 0.4) is 0 Å². The molecule has 2 saturated heterocycles. The SMILES string of the molecule is COC(=O)c1ccc(N2[C@H](C)CN(CCOCC(=O)N[C@H](C(=O)N3CCCC3C(=O)N[C@@H](C)c3ccc(-c4scnc4C)cc3)C(C)(C)C)C[C@@H]2C)nc1. The first-order valence-corrected chi connectivity index (χ1v) is 19.6. The van der Waals surface area contributed by atoms with Gasteiger partial charge in [-0.15, -0.1) is 11.3 Å². The number of piperazine rings is 1. The number of anilines is 1. The fourth-order valence-electron chi connectivity index (χ4n) is 7.42. The molecule has 54 heavy (non-hydrogen) atoms. The van der Waals surface area contributed by atoms with Crippen molar-refractivity contribution in [2.45, 2.75) is 91.5 Å². The van der Waals surface area contributed by atoms with E-state index in [1.165, 1.54) is 13.3 Å². The van der Waals surface area contributed by atoms with Crippen molar-refractivity contribution in [3.8, 4) is 10.4 Å². The molecular weight excluding hydrogens is 707 g/mol. The van der Waals surface area contributed by atoms with Gasteiger partial charge in [-0.1, -0.05) is 45.0 Å². The molecule has 1 unspecified atom stereocenters. The van der Waals surface area contributed by atoms with Gasteiger partial charge in [0.1, 0.15) is 24.5 Å². The van der Waals surface area contributed by atoms with Crippen LogP contribution in [0.5, 0.6) is 0 Å². The third-order valence-electron chi connectivity index (χ3n) is 10.2. The minimum atomic E-state index is -0.827. The Bertz CT molecular complexity index is 1750. The summed E-state index contributed by atoms with van der Waals surface area (Å²) >= 11 is 1.60. The highest BCUT2D eigenvalue weighted by molar-refractivity contribution is 7.13. The molecule has 13 nitrogen and oxygen atoms in total. The molecular formula is C40H55N7O6S. The Morgan fingerprint density at radius 1 is 1.00 bits per heavy atom. The summed E-state index contributed by atoms with van der Waals surface area (Å²) in [6.07, 6.45) is 2.81.